The second-order valence-electron chi connectivity index (χ2n) is 5.91. The van der Waals surface area contributed by atoms with Gasteiger partial charge in [-0.2, -0.15) is 0 Å². The summed E-state index contributed by atoms with van der Waals surface area (Å²) in [6.45, 7) is 4.99. The van der Waals surface area contributed by atoms with Crippen LogP contribution in [0, 0.1) is 0 Å². The van der Waals surface area contributed by atoms with Gasteiger partial charge < -0.3 is 4.98 Å². The molecule has 1 fully saturated rings. The highest BCUT2D eigenvalue weighted by atomic mass is 16.1. The number of rotatable bonds is 4. The van der Waals surface area contributed by atoms with Gasteiger partial charge in [0.2, 0.25) is 0 Å². The van der Waals surface area contributed by atoms with Crippen molar-refractivity contribution in [1.82, 2.24) is 19.9 Å². The number of nitrogens with one attached hydrogen (secondary N) is 1. The maximum atomic E-state index is 11.8. The summed E-state index contributed by atoms with van der Waals surface area (Å²) >= 11 is 0. The molecule has 0 aliphatic carbocycles. The zero-order valence-electron chi connectivity index (χ0n) is 13.0. The van der Waals surface area contributed by atoms with Crippen molar-refractivity contribution in [3.8, 4) is 0 Å². The molecule has 1 aliphatic heterocycles. The normalized spacial score (nSPS) is 19.2. The average molecular weight is 298 g/mol. The Labute approximate surface area is 130 Å². The van der Waals surface area contributed by atoms with Gasteiger partial charge in [0.15, 0.2) is 0 Å². The van der Waals surface area contributed by atoms with Crippen LogP contribution in [0.15, 0.2) is 35.4 Å². The van der Waals surface area contributed by atoms with Crippen molar-refractivity contribution in [2.75, 3.05) is 13.1 Å². The van der Waals surface area contributed by atoms with E-state index in [1.165, 1.54) is 5.56 Å². The van der Waals surface area contributed by atoms with Crippen LogP contribution in [-0.4, -0.2) is 32.9 Å². The molecular weight excluding hydrogens is 276 g/mol. The third-order valence-electron chi connectivity index (χ3n) is 4.22. The van der Waals surface area contributed by atoms with Crippen LogP contribution in [0.5, 0.6) is 0 Å². The minimum atomic E-state index is -0.0342. The van der Waals surface area contributed by atoms with Crippen LogP contribution < -0.4 is 5.56 Å². The van der Waals surface area contributed by atoms with Crippen molar-refractivity contribution in [2.45, 2.75) is 38.6 Å². The van der Waals surface area contributed by atoms with Gasteiger partial charge >= 0.3 is 0 Å². The third-order valence-corrected chi connectivity index (χ3v) is 4.22. The lowest BCUT2D eigenvalue weighted by Gasteiger charge is -2.32. The first-order valence-corrected chi connectivity index (χ1v) is 7.96. The van der Waals surface area contributed by atoms with E-state index in [2.05, 4.69) is 32.0 Å². The molecule has 1 N–H and O–H groups in total. The number of nitrogens with zero attached hydrogens (tertiary/aromatic N) is 3. The predicted octanol–water partition coefficient (Wildman–Crippen LogP) is 2.11. The topological polar surface area (TPSA) is 61.9 Å². The number of likely N-dealkylation sites (tertiary alicyclic amines) is 1. The van der Waals surface area contributed by atoms with E-state index in [4.69, 9.17) is 0 Å². The summed E-state index contributed by atoms with van der Waals surface area (Å²) in [5.74, 6) is 1.17. The molecule has 0 bridgehead atoms. The summed E-state index contributed by atoms with van der Waals surface area (Å²) in [5.41, 5.74) is 2.12. The van der Waals surface area contributed by atoms with E-state index in [1.54, 1.807) is 6.07 Å². The van der Waals surface area contributed by atoms with Crippen LogP contribution in [0.2, 0.25) is 0 Å². The van der Waals surface area contributed by atoms with Crippen molar-refractivity contribution >= 4 is 0 Å². The maximum absolute atomic E-state index is 11.8. The molecule has 3 rings (SSSR count). The van der Waals surface area contributed by atoms with Gasteiger partial charge in [-0.1, -0.05) is 6.92 Å². The van der Waals surface area contributed by atoms with E-state index in [-0.39, 0.29) is 5.56 Å². The number of hydrogen-bond donors (Lipinski definition) is 1. The fourth-order valence-electron chi connectivity index (χ4n) is 3.07. The lowest BCUT2D eigenvalue weighted by molar-refractivity contribution is 0.196. The summed E-state index contributed by atoms with van der Waals surface area (Å²) in [6, 6.07) is 5.71. The average Bonchev–Trinajstić information content (AvgIpc) is 2.55. The number of piperidine rings is 1. The lowest BCUT2D eigenvalue weighted by atomic mass is 9.96. The molecule has 1 aliphatic rings. The van der Waals surface area contributed by atoms with Crippen LogP contribution in [0.1, 0.15) is 42.8 Å². The van der Waals surface area contributed by atoms with Gasteiger partial charge in [-0.3, -0.25) is 14.7 Å². The summed E-state index contributed by atoms with van der Waals surface area (Å²) in [7, 11) is 0. The molecule has 0 spiro atoms. The van der Waals surface area contributed by atoms with E-state index in [0.717, 1.165) is 50.4 Å². The van der Waals surface area contributed by atoms with Gasteiger partial charge in [-0.05, 0) is 43.5 Å². The highest BCUT2D eigenvalue weighted by Gasteiger charge is 2.23. The zero-order chi connectivity index (χ0) is 15.4. The second kappa shape index (κ2) is 6.83. The summed E-state index contributed by atoms with van der Waals surface area (Å²) in [6.07, 6.45) is 6.68. The molecule has 2 aromatic heterocycles. The van der Waals surface area contributed by atoms with Crippen molar-refractivity contribution in [1.29, 1.82) is 0 Å². The minimum absolute atomic E-state index is 0.0342. The molecule has 1 atom stereocenters. The molecule has 1 saturated heterocycles. The second-order valence-corrected chi connectivity index (χ2v) is 5.91. The van der Waals surface area contributed by atoms with Gasteiger partial charge in [0.05, 0.1) is 0 Å². The minimum Gasteiger partial charge on any atom is -0.310 e. The van der Waals surface area contributed by atoms with E-state index in [1.807, 2.05) is 19.3 Å². The monoisotopic (exact) mass is 298 g/mol. The lowest BCUT2D eigenvalue weighted by Crippen LogP contribution is -2.35. The highest BCUT2D eigenvalue weighted by Crippen LogP contribution is 2.25. The van der Waals surface area contributed by atoms with Crippen LogP contribution in [0.25, 0.3) is 0 Å². The molecule has 0 saturated carbocycles. The molecule has 0 amide bonds. The van der Waals surface area contributed by atoms with E-state index in [9.17, 15) is 4.79 Å². The Balaban J connectivity index is 1.73. The summed E-state index contributed by atoms with van der Waals surface area (Å²) < 4.78 is 0. The van der Waals surface area contributed by atoms with E-state index < -0.39 is 0 Å². The fraction of sp³-hybridized carbons (Fsp3) is 0.471. The van der Waals surface area contributed by atoms with Crippen molar-refractivity contribution < 1.29 is 0 Å². The molecule has 5 nitrogen and oxygen atoms in total. The van der Waals surface area contributed by atoms with E-state index in [0.29, 0.717) is 5.92 Å². The van der Waals surface area contributed by atoms with Crippen LogP contribution >= 0.6 is 0 Å². The Morgan fingerprint density at radius 3 is 2.95 bits per heavy atom. The predicted molar refractivity (Wildman–Crippen MR) is 85.7 cm³/mol. The standard InChI is InChI=1S/C17H22N4O/c1-2-15-10-16(22)20-17(19-15)14-4-3-9-21(12-14)11-13-5-7-18-8-6-13/h5-8,10,14H,2-4,9,11-12H2,1H3,(H,19,20,22)/t14-/m1/s1. The molecule has 2 aromatic rings. The van der Waals surface area contributed by atoms with Crippen molar-refractivity contribution in [2.24, 2.45) is 0 Å². The molecular formula is C17H22N4O. The number of H-pyrrole nitrogens is 1. The van der Waals surface area contributed by atoms with Crippen LogP contribution in [0.4, 0.5) is 0 Å². The molecule has 116 valence electrons. The first-order valence-electron chi connectivity index (χ1n) is 7.96. The Kier molecular flexibility index (Phi) is 4.63. The Morgan fingerprint density at radius 1 is 1.36 bits per heavy atom. The quantitative estimate of drug-likeness (QED) is 0.939. The Bertz CT molecular complexity index is 668. The summed E-state index contributed by atoms with van der Waals surface area (Å²) in [4.78, 5) is 25.8. The number of aryl methyl sites for hydroxylation is 1. The third kappa shape index (κ3) is 3.60. The van der Waals surface area contributed by atoms with Gasteiger partial charge in [0, 0.05) is 43.2 Å². The number of hydrogen-bond acceptors (Lipinski definition) is 4. The summed E-state index contributed by atoms with van der Waals surface area (Å²) in [5, 5.41) is 0. The van der Waals surface area contributed by atoms with Crippen LogP contribution in [-0.2, 0) is 13.0 Å². The first-order chi connectivity index (χ1) is 10.7. The van der Waals surface area contributed by atoms with E-state index >= 15 is 0 Å². The fourth-order valence-corrected chi connectivity index (χ4v) is 3.07. The molecule has 0 aromatic carbocycles. The highest BCUT2D eigenvalue weighted by molar-refractivity contribution is 5.11. The first kappa shape index (κ1) is 14.9. The smallest absolute Gasteiger partial charge is 0.251 e. The van der Waals surface area contributed by atoms with Gasteiger partial charge in [0.25, 0.3) is 5.56 Å². The van der Waals surface area contributed by atoms with Gasteiger partial charge in [-0.15, -0.1) is 0 Å². The Hall–Kier alpha value is -2.01. The molecule has 0 radical (unpaired) electrons. The molecule has 22 heavy (non-hydrogen) atoms. The molecule has 0 unspecified atom stereocenters. The van der Waals surface area contributed by atoms with Crippen molar-refractivity contribution in [3.05, 3.63) is 58.0 Å². The van der Waals surface area contributed by atoms with Gasteiger partial charge in [0.1, 0.15) is 5.82 Å². The van der Waals surface area contributed by atoms with Gasteiger partial charge in [-0.25, -0.2) is 4.98 Å². The molecule has 5 heteroatoms. The zero-order valence-corrected chi connectivity index (χ0v) is 13.0. The molecule has 3 heterocycles. The Morgan fingerprint density at radius 2 is 2.18 bits per heavy atom. The van der Waals surface area contributed by atoms with Crippen molar-refractivity contribution in [3.63, 3.8) is 0 Å². The largest absolute Gasteiger partial charge is 0.310 e. The SMILES string of the molecule is CCc1cc(=O)[nH]c([C@@H]2CCCN(Cc3ccncc3)C2)n1. The number of pyridine rings is 1. The van der Waals surface area contributed by atoms with Crippen LogP contribution in [0.3, 0.4) is 0 Å². The maximum Gasteiger partial charge on any atom is 0.251 e. The number of aromatic amines is 1. The number of aromatic nitrogens is 3.